The van der Waals surface area contributed by atoms with Crippen molar-refractivity contribution in [2.24, 2.45) is 5.92 Å². The molecule has 1 atom stereocenters. The van der Waals surface area contributed by atoms with Gasteiger partial charge >= 0.3 is 0 Å². The highest BCUT2D eigenvalue weighted by atomic mass is 35.5. The highest BCUT2D eigenvalue weighted by molar-refractivity contribution is 7.22. The van der Waals surface area contributed by atoms with Crippen LogP contribution in [-0.2, 0) is 4.79 Å². The highest BCUT2D eigenvalue weighted by Gasteiger charge is 2.27. The zero-order valence-electron chi connectivity index (χ0n) is 15.9. The summed E-state index contributed by atoms with van der Waals surface area (Å²) in [6, 6.07) is 9.35. The first kappa shape index (κ1) is 19.0. The van der Waals surface area contributed by atoms with Crippen molar-refractivity contribution in [2.45, 2.75) is 12.8 Å². The molecule has 4 heterocycles. The lowest BCUT2D eigenvalue weighted by atomic mass is 9.97. The number of rotatable bonds is 4. The van der Waals surface area contributed by atoms with E-state index in [9.17, 15) is 4.79 Å². The van der Waals surface area contributed by atoms with E-state index in [-0.39, 0.29) is 11.8 Å². The maximum absolute atomic E-state index is 12.9. The van der Waals surface area contributed by atoms with Crippen molar-refractivity contribution in [1.29, 1.82) is 0 Å². The zero-order valence-corrected chi connectivity index (χ0v) is 17.5. The highest BCUT2D eigenvalue weighted by Crippen LogP contribution is 2.29. The molecule has 0 saturated carbocycles. The number of nitrogens with zero attached hydrogens (tertiary/aromatic N) is 6. The number of hydrogen-bond acceptors (Lipinski definition) is 7. The van der Waals surface area contributed by atoms with Crippen LogP contribution in [0.2, 0.25) is 5.02 Å². The second kappa shape index (κ2) is 8.00. The molecule has 1 fully saturated rings. The maximum Gasteiger partial charge on any atom is 0.231 e. The molecule has 152 valence electrons. The summed E-state index contributed by atoms with van der Waals surface area (Å²) >= 11 is 7.47. The lowest BCUT2D eigenvalue weighted by Gasteiger charge is -2.32. The first-order chi connectivity index (χ1) is 14.7. The molecular weight excluding hydrogens is 422 g/mol. The minimum Gasteiger partial charge on any atom is -0.354 e. The van der Waals surface area contributed by atoms with Crippen molar-refractivity contribution in [3.05, 3.63) is 54.1 Å². The molecule has 0 unspecified atom stereocenters. The minimum atomic E-state index is -0.135. The number of piperidine rings is 1. The number of fused-ring (bicyclic) bond motifs is 1. The van der Waals surface area contributed by atoms with E-state index in [2.05, 4.69) is 30.4 Å². The Kier molecular flexibility index (Phi) is 5.06. The monoisotopic (exact) mass is 439 g/mol. The topological polar surface area (TPSA) is 88.8 Å². The number of benzene rings is 1. The van der Waals surface area contributed by atoms with Gasteiger partial charge in [-0.15, -0.1) is 10.2 Å². The summed E-state index contributed by atoms with van der Waals surface area (Å²) in [5, 5.41) is 12.9. The number of anilines is 2. The molecule has 5 rings (SSSR count). The van der Waals surface area contributed by atoms with Crippen molar-refractivity contribution in [1.82, 2.24) is 24.7 Å². The van der Waals surface area contributed by atoms with E-state index >= 15 is 0 Å². The summed E-state index contributed by atoms with van der Waals surface area (Å²) in [4.78, 5) is 23.5. The van der Waals surface area contributed by atoms with Gasteiger partial charge in [-0.3, -0.25) is 9.36 Å². The molecule has 0 spiro atoms. The van der Waals surface area contributed by atoms with E-state index in [1.807, 2.05) is 30.5 Å². The van der Waals surface area contributed by atoms with Crippen LogP contribution in [0.1, 0.15) is 12.8 Å². The summed E-state index contributed by atoms with van der Waals surface area (Å²) in [6.07, 6.45) is 6.95. The third kappa shape index (κ3) is 3.86. The molecule has 30 heavy (non-hydrogen) atoms. The first-order valence-electron chi connectivity index (χ1n) is 9.60. The van der Waals surface area contributed by atoms with Gasteiger partial charge in [0.25, 0.3) is 0 Å². The number of aromatic nitrogens is 5. The Hall–Kier alpha value is -3.04. The Morgan fingerprint density at radius 3 is 2.87 bits per heavy atom. The van der Waals surface area contributed by atoms with E-state index in [4.69, 9.17) is 11.6 Å². The number of carbonyl (C=O) groups excluding carboxylic acids is 1. The summed E-state index contributed by atoms with van der Waals surface area (Å²) in [5.41, 5.74) is 0.832. The molecule has 1 N–H and O–H groups in total. The molecular formula is C20H18ClN7OS. The molecule has 8 nitrogen and oxygen atoms in total. The van der Waals surface area contributed by atoms with Crippen LogP contribution in [0.3, 0.4) is 0 Å². The fourth-order valence-corrected chi connectivity index (χ4v) is 4.72. The number of carbonyl (C=O) groups is 1. The molecule has 0 radical (unpaired) electrons. The third-order valence-corrected chi connectivity index (χ3v) is 6.27. The van der Waals surface area contributed by atoms with Gasteiger partial charge in [-0.05, 0) is 43.2 Å². The van der Waals surface area contributed by atoms with E-state index < -0.39 is 0 Å². The van der Waals surface area contributed by atoms with E-state index in [1.54, 1.807) is 23.2 Å². The normalized spacial score (nSPS) is 16.7. The Bertz CT molecular complexity index is 1180. The first-order valence-corrected chi connectivity index (χ1v) is 10.8. The van der Waals surface area contributed by atoms with Crippen LogP contribution >= 0.6 is 22.9 Å². The third-order valence-electron chi connectivity index (χ3n) is 5.10. The van der Waals surface area contributed by atoms with Gasteiger partial charge in [-0.25, -0.2) is 9.97 Å². The molecule has 1 amide bonds. The Morgan fingerprint density at radius 1 is 1.20 bits per heavy atom. The second-order valence-electron chi connectivity index (χ2n) is 7.13. The standard InChI is InChI=1S/C20H18ClN7OS/c21-14-3-4-15-16(10-14)30-20(23-15)24-19(29)13-2-1-8-27(11-13)17-5-6-18(26-25-17)28-9-7-22-12-28/h3-7,9-10,12-13H,1-2,8,11H2,(H,23,24,29)/t13-/m1/s1. The fraction of sp³-hybridized carbons (Fsp3) is 0.250. The number of imidazole rings is 1. The Morgan fingerprint density at radius 2 is 2.07 bits per heavy atom. The van der Waals surface area contributed by atoms with E-state index in [0.29, 0.717) is 22.5 Å². The molecule has 1 aliphatic heterocycles. The molecule has 1 aromatic carbocycles. The average molecular weight is 440 g/mol. The van der Waals surface area contributed by atoms with Gasteiger partial charge in [0, 0.05) is 30.5 Å². The van der Waals surface area contributed by atoms with Crippen molar-refractivity contribution in [3.63, 3.8) is 0 Å². The number of amides is 1. The molecule has 0 bridgehead atoms. The van der Waals surface area contributed by atoms with Gasteiger partial charge in [0.15, 0.2) is 16.8 Å². The summed E-state index contributed by atoms with van der Waals surface area (Å²) < 4.78 is 2.75. The van der Waals surface area contributed by atoms with Crippen molar-refractivity contribution in [3.8, 4) is 5.82 Å². The summed E-state index contributed by atoms with van der Waals surface area (Å²) in [5.74, 6) is 1.32. The van der Waals surface area contributed by atoms with Gasteiger partial charge in [-0.2, -0.15) is 0 Å². The van der Waals surface area contributed by atoms with Crippen LogP contribution in [0.15, 0.2) is 49.1 Å². The summed E-state index contributed by atoms with van der Waals surface area (Å²) in [7, 11) is 0. The maximum atomic E-state index is 12.9. The molecule has 4 aromatic rings. The molecule has 3 aromatic heterocycles. The zero-order chi connectivity index (χ0) is 20.5. The van der Waals surface area contributed by atoms with Crippen LogP contribution in [0.4, 0.5) is 10.9 Å². The van der Waals surface area contributed by atoms with Gasteiger partial charge < -0.3 is 10.2 Å². The van der Waals surface area contributed by atoms with Gasteiger partial charge in [-0.1, -0.05) is 22.9 Å². The van der Waals surface area contributed by atoms with Crippen LogP contribution in [0.25, 0.3) is 16.0 Å². The van der Waals surface area contributed by atoms with E-state index in [1.165, 1.54) is 11.3 Å². The molecule has 10 heteroatoms. The largest absolute Gasteiger partial charge is 0.354 e. The Labute approximate surface area is 181 Å². The SMILES string of the molecule is O=C(Nc1nc2ccc(Cl)cc2s1)[C@@H]1CCCN(c2ccc(-n3ccnc3)nn2)C1. The smallest absolute Gasteiger partial charge is 0.231 e. The van der Waals surface area contributed by atoms with Crippen LogP contribution in [-0.4, -0.2) is 43.7 Å². The van der Waals surface area contributed by atoms with Crippen molar-refractivity contribution >= 4 is 50.0 Å². The predicted molar refractivity (Wildman–Crippen MR) is 117 cm³/mol. The number of hydrogen-bond donors (Lipinski definition) is 1. The second-order valence-corrected chi connectivity index (χ2v) is 8.59. The molecule has 0 aliphatic carbocycles. The number of nitrogens with one attached hydrogen (secondary N) is 1. The van der Waals surface area contributed by atoms with Crippen LogP contribution < -0.4 is 10.2 Å². The van der Waals surface area contributed by atoms with Crippen LogP contribution in [0.5, 0.6) is 0 Å². The average Bonchev–Trinajstić information content (AvgIpc) is 3.43. The fourth-order valence-electron chi connectivity index (χ4n) is 3.58. The Balaban J connectivity index is 1.26. The molecule has 1 aliphatic rings. The predicted octanol–water partition coefficient (Wildman–Crippen LogP) is 3.78. The number of thiazole rings is 1. The van der Waals surface area contributed by atoms with E-state index in [0.717, 1.165) is 35.4 Å². The lowest BCUT2D eigenvalue weighted by molar-refractivity contribution is -0.120. The summed E-state index contributed by atoms with van der Waals surface area (Å²) in [6.45, 7) is 1.45. The van der Waals surface area contributed by atoms with Crippen molar-refractivity contribution < 1.29 is 4.79 Å². The minimum absolute atomic E-state index is 0.0205. The van der Waals surface area contributed by atoms with Gasteiger partial charge in [0.2, 0.25) is 5.91 Å². The van der Waals surface area contributed by atoms with Crippen LogP contribution in [0, 0.1) is 5.92 Å². The van der Waals surface area contributed by atoms with Crippen molar-refractivity contribution in [2.75, 3.05) is 23.3 Å². The lowest BCUT2D eigenvalue weighted by Crippen LogP contribution is -2.41. The van der Waals surface area contributed by atoms with Gasteiger partial charge in [0.1, 0.15) is 6.33 Å². The quantitative estimate of drug-likeness (QED) is 0.520. The van der Waals surface area contributed by atoms with Gasteiger partial charge in [0.05, 0.1) is 16.1 Å². The number of halogens is 1. The molecule has 1 saturated heterocycles.